The van der Waals surface area contributed by atoms with Crippen LogP contribution in [0.2, 0.25) is 0 Å². The fourth-order valence-corrected chi connectivity index (χ4v) is 2.71. The van der Waals surface area contributed by atoms with Crippen LogP contribution in [0.4, 0.5) is 5.69 Å². The fraction of sp³-hybridized carbons (Fsp3) is 0.611. The van der Waals surface area contributed by atoms with Crippen LogP contribution >= 0.6 is 0 Å². The molecule has 1 atom stereocenters. The van der Waals surface area contributed by atoms with Crippen LogP contribution in [0, 0.1) is 5.92 Å². The van der Waals surface area contributed by atoms with E-state index in [2.05, 4.69) is 24.5 Å². The molecule has 0 unspecified atom stereocenters. The normalized spacial score (nSPS) is 17.0. The van der Waals surface area contributed by atoms with Gasteiger partial charge in [0.15, 0.2) is 0 Å². The molecule has 23 heavy (non-hydrogen) atoms. The number of hydrogen-bond donors (Lipinski definition) is 2. The van der Waals surface area contributed by atoms with Crippen molar-refractivity contribution in [2.24, 2.45) is 5.92 Å². The summed E-state index contributed by atoms with van der Waals surface area (Å²) in [6, 6.07) is 7.63. The summed E-state index contributed by atoms with van der Waals surface area (Å²) in [5, 5.41) is 6.48. The summed E-state index contributed by atoms with van der Waals surface area (Å²) < 4.78 is 10.8. The molecule has 0 spiro atoms. The average molecular weight is 320 g/mol. The zero-order chi connectivity index (χ0) is 16.7. The standard InChI is InChI=1S/C18H28N2O3/c1-4-23-16-7-5-14(6-8-16)20-18(21)17(13(2)3)19-15-9-11-22-12-10-15/h5-8,13,15,17,19H,4,9-12H2,1-3H3,(H,20,21)/t17-/m0/s1. The molecule has 1 aliphatic rings. The Morgan fingerprint density at radius 3 is 2.48 bits per heavy atom. The highest BCUT2D eigenvalue weighted by Crippen LogP contribution is 2.17. The van der Waals surface area contributed by atoms with E-state index < -0.39 is 0 Å². The molecule has 1 saturated heterocycles. The molecule has 0 aliphatic carbocycles. The van der Waals surface area contributed by atoms with Gasteiger partial charge in [0.2, 0.25) is 5.91 Å². The molecule has 1 aliphatic heterocycles. The van der Waals surface area contributed by atoms with Gasteiger partial charge in [-0.3, -0.25) is 4.79 Å². The van der Waals surface area contributed by atoms with E-state index in [0.717, 1.165) is 37.5 Å². The summed E-state index contributed by atoms with van der Waals surface area (Å²) in [6.45, 7) is 8.25. The third-order valence-corrected chi connectivity index (χ3v) is 4.02. The zero-order valence-corrected chi connectivity index (χ0v) is 14.3. The molecule has 0 radical (unpaired) electrons. The van der Waals surface area contributed by atoms with Gasteiger partial charge in [0, 0.05) is 24.9 Å². The van der Waals surface area contributed by atoms with Gasteiger partial charge in [-0.05, 0) is 49.9 Å². The summed E-state index contributed by atoms with van der Waals surface area (Å²) in [7, 11) is 0. The topological polar surface area (TPSA) is 59.6 Å². The van der Waals surface area contributed by atoms with Crippen LogP contribution in [0.3, 0.4) is 0 Å². The number of carbonyl (C=O) groups excluding carboxylic acids is 1. The number of anilines is 1. The number of ether oxygens (including phenoxy) is 2. The number of nitrogens with one attached hydrogen (secondary N) is 2. The molecule has 1 heterocycles. The second-order valence-corrected chi connectivity index (χ2v) is 6.22. The highest BCUT2D eigenvalue weighted by Gasteiger charge is 2.26. The summed E-state index contributed by atoms with van der Waals surface area (Å²) in [4.78, 5) is 12.6. The Morgan fingerprint density at radius 1 is 1.26 bits per heavy atom. The van der Waals surface area contributed by atoms with Crippen LogP contribution < -0.4 is 15.4 Å². The number of hydrogen-bond acceptors (Lipinski definition) is 4. The monoisotopic (exact) mass is 320 g/mol. The van der Waals surface area contributed by atoms with Gasteiger partial charge >= 0.3 is 0 Å². The Balaban J connectivity index is 1.94. The van der Waals surface area contributed by atoms with Crippen molar-refractivity contribution in [3.63, 3.8) is 0 Å². The quantitative estimate of drug-likeness (QED) is 0.811. The molecule has 0 saturated carbocycles. The third-order valence-electron chi connectivity index (χ3n) is 4.02. The first-order valence-corrected chi connectivity index (χ1v) is 8.47. The zero-order valence-electron chi connectivity index (χ0n) is 14.3. The molecule has 1 aromatic carbocycles. The Bertz CT molecular complexity index is 482. The molecule has 0 bridgehead atoms. The Kier molecular flexibility index (Phi) is 6.86. The lowest BCUT2D eigenvalue weighted by atomic mass is 10.00. The van der Waals surface area contributed by atoms with E-state index in [1.54, 1.807) is 0 Å². The SMILES string of the molecule is CCOc1ccc(NC(=O)[C@@H](NC2CCOCC2)C(C)C)cc1. The second kappa shape index (κ2) is 8.89. The lowest BCUT2D eigenvalue weighted by Gasteiger charge is -2.30. The van der Waals surface area contributed by atoms with E-state index in [-0.39, 0.29) is 17.9 Å². The average Bonchev–Trinajstić information content (AvgIpc) is 2.55. The van der Waals surface area contributed by atoms with E-state index in [0.29, 0.717) is 12.6 Å². The van der Waals surface area contributed by atoms with Crippen molar-refractivity contribution in [1.29, 1.82) is 0 Å². The largest absolute Gasteiger partial charge is 0.494 e. The molecular weight excluding hydrogens is 292 g/mol. The van der Waals surface area contributed by atoms with Gasteiger partial charge in [-0.15, -0.1) is 0 Å². The van der Waals surface area contributed by atoms with Crippen molar-refractivity contribution in [2.45, 2.75) is 45.7 Å². The predicted molar refractivity (Wildman–Crippen MR) is 91.8 cm³/mol. The van der Waals surface area contributed by atoms with E-state index in [4.69, 9.17) is 9.47 Å². The van der Waals surface area contributed by atoms with Crippen LogP contribution in [0.1, 0.15) is 33.6 Å². The number of carbonyl (C=O) groups is 1. The van der Waals surface area contributed by atoms with E-state index in [9.17, 15) is 4.79 Å². The molecule has 5 heteroatoms. The van der Waals surface area contributed by atoms with Gasteiger partial charge in [0.1, 0.15) is 5.75 Å². The van der Waals surface area contributed by atoms with Gasteiger partial charge < -0.3 is 20.1 Å². The highest BCUT2D eigenvalue weighted by molar-refractivity contribution is 5.95. The first kappa shape index (κ1) is 17.8. The number of rotatable bonds is 7. The third kappa shape index (κ3) is 5.52. The Morgan fingerprint density at radius 2 is 1.91 bits per heavy atom. The van der Waals surface area contributed by atoms with Crippen molar-refractivity contribution >= 4 is 11.6 Å². The van der Waals surface area contributed by atoms with E-state index in [1.165, 1.54) is 0 Å². The molecule has 1 fully saturated rings. The first-order valence-electron chi connectivity index (χ1n) is 8.47. The summed E-state index contributed by atoms with van der Waals surface area (Å²) >= 11 is 0. The Labute approximate surface area is 138 Å². The minimum atomic E-state index is -0.204. The van der Waals surface area contributed by atoms with Crippen molar-refractivity contribution in [3.05, 3.63) is 24.3 Å². The van der Waals surface area contributed by atoms with Gasteiger partial charge in [0.25, 0.3) is 0 Å². The molecule has 0 aromatic heterocycles. The number of benzene rings is 1. The maximum absolute atomic E-state index is 12.6. The molecule has 5 nitrogen and oxygen atoms in total. The molecule has 1 aromatic rings. The minimum absolute atomic E-state index is 0.00986. The lowest BCUT2D eigenvalue weighted by Crippen LogP contribution is -2.50. The van der Waals surface area contributed by atoms with Crippen molar-refractivity contribution < 1.29 is 14.3 Å². The molecular formula is C18H28N2O3. The smallest absolute Gasteiger partial charge is 0.241 e. The number of amides is 1. The maximum atomic E-state index is 12.6. The second-order valence-electron chi connectivity index (χ2n) is 6.22. The molecule has 2 N–H and O–H groups in total. The van der Waals surface area contributed by atoms with Gasteiger partial charge in [-0.25, -0.2) is 0 Å². The van der Waals surface area contributed by atoms with Crippen LogP contribution in [0.5, 0.6) is 5.75 Å². The fourth-order valence-electron chi connectivity index (χ4n) is 2.71. The van der Waals surface area contributed by atoms with Crippen LogP contribution in [0.15, 0.2) is 24.3 Å². The van der Waals surface area contributed by atoms with Gasteiger partial charge in [0.05, 0.1) is 12.6 Å². The first-order chi connectivity index (χ1) is 11.1. The molecule has 128 valence electrons. The van der Waals surface area contributed by atoms with Gasteiger partial charge in [-0.1, -0.05) is 13.8 Å². The molecule has 1 amide bonds. The summed E-state index contributed by atoms with van der Waals surface area (Å²) in [5.74, 6) is 1.04. The van der Waals surface area contributed by atoms with Crippen molar-refractivity contribution in [1.82, 2.24) is 5.32 Å². The van der Waals surface area contributed by atoms with E-state index in [1.807, 2.05) is 31.2 Å². The van der Waals surface area contributed by atoms with Gasteiger partial charge in [-0.2, -0.15) is 0 Å². The van der Waals surface area contributed by atoms with Crippen LogP contribution in [-0.2, 0) is 9.53 Å². The van der Waals surface area contributed by atoms with Crippen LogP contribution in [-0.4, -0.2) is 37.8 Å². The Hall–Kier alpha value is -1.59. The van der Waals surface area contributed by atoms with E-state index >= 15 is 0 Å². The predicted octanol–water partition coefficient (Wildman–Crippen LogP) is 2.82. The van der Waals surface area contributed by atoms with Crippen molar-refractivity contribution in [3.8, 4) is 5.75 Å². The summed E-state index contributed by atoms with van der Waals surface area (Å²) in [5.41, 5.74) is 0.790. The summed E-state index contributed by atoms with van der Waals surface area (Å²) in [6.07, 6.45) is 1.92. The lowest BCUT2D eigenvalue weighted by molar-refractivity contribution is -0.119. The van der Waals surface area contributed by atoms with Crippen molar-refractivity contribution in [2.75, 3.05) is 25.1 Å². The maximum Gasteiger partial charge on any atom is 0.241 e. The highest BCUT2D eigenvalue weighted by atomic mass is 16.5. The molecule has 2 rings (SSSR count). The minimum Gasteiger partial charge on any atom is -0.494 e. The van der Waals surface area contributed by atoms with Crippen LogP contribution in [0.25, 0.3) is 0 Å².